The van der Waals surface area contributed by atoms with E-state index in [1.807, 2.05) is 0 Å². The Morgan fingerprint density at radius 3 is 2.65 bits per heavy atom. The Balaban J connectivity index is 2.29. The normalized spacial score (nSPS) is 11.9. The van der Waals surface area contributed by atoms with Crippen LogP contribution >= 0.6 is 0 Å². The SMILES string of the molecule is CNCc1c(C)oc(C)c1S(=O)(=O)NCc1ncc[nH]1. The molecule has 0 aromatic carbocycles. The van der Waals surface area contributed by atoms with Crippen molar-refractivity contribution in [2.45, 2.75) is 31.8 Å². The molecule has 0 aliphatic carbocycles. The summed E-state index contributed by atoms with van der Waals surface area (Å²) in [5.74, 6) is 1.55. The maximum atomic E-state index is 12.4. The molecule has 0 saturated heterocycles. The standard InChI is InChI=1S/C12H18N4O3S/c1-8-10(6-13-3)12(9(2)19-8)20(17,18)16-7-11-14-4-5-15-11/h4-5,13,16H,6-7H2,1-3H3,(H,14,15). The van der Waals surface area contributed by atoms with Gasteiger partial charge in [-0.3, -0.25) is 0 Å². The summed E-state index contributed by atoms with van der Waals surface area (Å²) in [6.07, 6.45) is 3.21. The van der Waals surface area contributed by atoms with Crippen molar-refractivity contribution in [2.75, 3.05) is 7.05 Å². The molecule has 0 atom stereocenters. The van der Waals surface area contributed by atoms with Crippen LogP contribution in [0.15, 0.2) is 21.7 Å². The Morgan fingerprint density at radius 1 is 1.30 bits per heavy atom. The summed E-state index contributed by atoms with van der Waals surface area (Å²) in [4.78, 5) is 7.03. The zero-order valence-electron chi connectivity index (χ0n) is 11.6. The van der Waals surface area contributed by atoms with E-state index in [2.05, 4.69) is 20.0 Å². The van der Waals surface area contributed by atoms with Crippen LogP contribution in [0.4, 0.5) is 0 Å². The van der Waals surface area contributed by atoms with Crippen LogP contribution in [0.5, 0.6) is 0 Å². The molecule has 2 heterocycles. The molecule has 7 nitrogen and oxygen atoms in total. The molecule has 20 heavy (non-hydrogen) atoms. The first-order valence-electron chi connectivity index (χ1n) is 6.17. The fourth-order valence-electron chi connectivity index (χ4n) is 2.07. The number of aryl methyl sites for hydroxylation is 2. The second-order valence-electron chi connectivity index (χ2n) is 4.41. The average molecular weight is 298 g/mol. The van der Waals surface area contributed by atoms with E-state index in [-0.39, 0.29) is 11.4 Å². The first-order chi connectivity index (χ1) is 9.45. The molecule has 0 amide bonds. The number of aromatic nitrogens is 2. The highest BCUT2D eigenvalue weighted by atomic mass is 32.2. The van der Waals surface area contributed by atoms with Crippen LogP contribution in [0.3, 0.4) is 0 Å². The van der Waals surface area contributed by atoms with Crippen LogP contribution < -0.4 is 10.0 Å². The lowest BCUT2D eigenvalue weighted by atomic mass is 10.2. The molecule has 0 aliphatic heterocycles. The highest BCUT2D eigenvalue weighted by molar-refractivity contribution is 7.89. The van der Waals surface area contributed by atoms with Crippen LogP contribution in [0.2, 0.25) is 0 Å². The minimum absolute atomic E-state index is 0.109. The van der Waals surface area contributed by atoms with Gasteiger partial charge in [0.15, 0.2) is 0 Å². The minimum atomic E-state index is -3.64. The van der Waals surface area contributed by atoms with Crippen LogP contribution in [-0.2, 0) is 23.1 Å². The number of aromatic amines is 1. The summed E-state index contributed by atoms with van der Waals surface area (Å²) in [5, 5.41) is 2.95. The minimum Gasteiger partial charge on any atom is -0.465 e. The average Bonchev–Trinajstić information content (AvgIpc) is 2.97. The molecule has 0 radical (unpaired) electrons. The molecule has 110 valence electrons. The Kier molecular flexibility index (Phi) is 4.26. The van der Waals surface area contributed by atoms with Crippen LogP contribution in [-0.4, -0.2) is 25.4 Å². The van der Waals surface area contributed by atoms with E-state index in [0.717, 1.165) is 0 Å². The largest absolute Gasteiger partial charge is 0.465 e. The van der Waals surface area contributed by atoms with Crippen molar-refractivity contribution in [1.29, 1.82) is 0 Å². The highest BCUT2D eigenvalue weighted by Gasteiger charge is 2.26. The van der Waals surface area contributed by atoms with E-state index in [4.69, 9.17) is 4.42 Å². The second-order valence-corrected chi connectivity index (χ2v) is 6.12. The molecule has 2 aromatic rings. The Hall–Kier alpha value is -1.64. The van der Waals surface area contributed by atoms with Gasteiger partial charge in [0, 0.05) is 24.5 Å². The number of hydrogen-bond donors (Lipinski definition) is 3. The van der Waals surface area contributed by atoms with Crippen molar-refractivity contribution in [3.63, 3.8) is 0 Å². The molecule has 0 saturated carbocycles. The van der Waals surface area contributed by atoms with Gasteiger partial charge in [0.1, 0.15) is 22.2 Å². The number of imidazole rings is 1. The monoisotopic (exact) mass is 298 g/mol. The summed E-state index contributed by atoms with van der Waals surface area (Å²) >= 11 is 0. The van der Waals surface area contributed by atoms with E-state index in [0.29, 0.717) is 29.5 Å². The molecule has 8 heteroatoms. The van der Waals surface area contributed by atoms with Crippen molar-refractivity contribution in [1.82, 2.24) is 20.0 Å². The molecule has 3 N–H and O–H groups in total. The maximum absolute atomic E-state index is 12.4. The lowest BCUT2D eigenvalue weighted by molar-refractivity contribution is 0.493. The van der Waals surface area contributed by atoms with E-state index in [1.54, 1.807) is 33.3 Å². The van der Waals surface area contributed by atoms with Crippen molar-refractivity contribution >= 4 is 10.0 Å². The second kappa shape index (κ2) is 5.78. The Bertz CT molecular complexity index is 674. The lowest BCUT2D eigenvalue weighted by Gasteiger charge is -2.07. The van der Waals surface area contributed by atoms with E-state index in [1.165, 1.54) is 0 Å². The lowest BCUT2D eigenvalue weighted by Crippen LogP contribution is -2.25. The summed E-state index contributed by atoms with van der Waals surface area (Å²) < 4.78 is 32.8. The van der Waals surface area contributed by atoms with Gasteiger partial charge < -0.3 is 14.7 Å². The number of hydrogen-bond acceptors (Lipinski definition) is 5. The Labute approximate surface area is 117 Å². The maximum Gasteiger partial charge on any atom is 0.244 e. The predicted molar refractivity (Wildman–Crippen MR) is 73.6 cm³/mol. The van der Waals surface area contributed by atoms with Crippen LogP contribution in [0.25, 0.3) is 0 Å². The third-order valence-corrected chi connectivity index (χ3v) is 4.53. The van der Waals surface area contributed by atoms with Gasteiger partial charge in [-0.2, -0.15) is 0 Å². The predicted octanol–water partition coefficient (Wildman–Crippen LogP) is 0.817. The summed E-state index contributed by atoms with van der Waals surface area (Å²) in [5.41, 5.74) is 0.650. The smallest absolute Gasteiger partial charge is 0.244 e. The number of sulfonamides is 1. The van der Waals surface area contributed by atoms with Crippen molar-refractivity contribution < 1.29 is 12.8 Å². The number of H-pyrrole nitrogens is 1. The van der Waals surface area contributed by atoms with Gasteiger partial charge in [-0.15, -0.1) is 0 Å². The van der Waals surface area contributed by atoms with Gasteiger partial charge in [-0.1, -0.05) is 0 Å². The molecular weight excluding hydrogens is 280 g/mol. The van der Waals surface area contributed by atoms with Gasteiger partial charge in [-0.25, -0.2) is 18.1 Å². The molecule has 0 aliphatic rings. The first kappa shape index (κ1) is 14.8. The zero-order chi connectivity index (χ0) is 14.8. The van der Waals surface area contributed by atoms with Gasteiger partial charge in [0.25, 0.3) is 0 Å². The molecule has 0 spiro atoms. The van der Waals surface area contributed by atoms with Gasteiger partial charge in [-0.05, 0) is 20.9 Å². The topological polar surface area (TPSA) is 100 Å². The van der Waals surface area contributed by atoms with E-state index in [9.17, 15) is 8.42 Å². The third kappa shape index (κ3) is 2.92. The van der Waals surface area contributed by atoms with Gasteiger partial charge >= 0.3 is 0 Å². The van der Waals surface area contributed by atoms with Crippen molar-refractivity contribution in [3.8, 4) is 0 Å². The first-order valence-corrected chi connectivity index (χ1v) is 7.65. The number of rotatable bonds is 6. The van der Waals surface area contributed by atoms with E-state index >= 15 is 0 Å². The fraction of sp³-hybridized carbons (Fsp3) is 0.417. The third-order valence-electron chi connectivity index (χ3n) is 2.93. The number of nitrogens with one attached hydrogen (secondary N) is 3. The summed E-state index contributed by atoms with van der Waals surface area (Å²) in [7, 11) is -1.88. The van der Waals surface area contributed by atoms with E-state index < -0.39 is 10.0 Å². The molecule has 0 unspecified atom stereocenters. The molecule has 2 rings (SSSR count). The van der Waals surface area contributed by atoms with Crippen molar-refractivity contribution in [3.05, 3.63) is 35.3 Å². The summed E-state index contributed by atoms with van der Waals surface area (Å²) in [6, 6.07) is 0. The van der Waals surface area contributed by atoms with Crippen LogP contribution in [0, 0.1) is 13.8 Å². The molecular formula is C12H18N4O3S. The van der Waals surface area contributed by atoms with Crippen molar-refractivity contribution in [2.24, 2.45) is 0 Å². The molecule has 0 fully saturated rings. The fourth-order valence-corrected chi connectivity index (χ4v) is 3.50. The Morgan fingerprint density at radius 2 is 2.05 bits per heavy atom. The molecule has 0 bridgehead atoms. The highest BCUT2D eigenvalue weighted by Crippen LogP contribution is 2.26. The summed E-state index contributed by atoms with van der Waals surface area (Å²) in [6.45, 7) is 3.94. The van der Waals surface area contributed by atoms with Crippen LogP contribution in [0.1, 0.15) is 22.9 Å². The number of nitrogens with zero attached hydrogens (tertiary/aromatic N) is 1. The quantitative estimate of drug-likeness (QED) is 0.733. The zero-order valence-corrected chi connectivity index (χ0v) is 12.5. The van der Waals surface area contributed by atoms with Gasteiger partial charge in [0.2, 0.25) is 10.0 Å². The van der Waals surface area contributed by atoms with Gasteiger partial charge in [0.05, 0.1) is 6.54 Å². The number of furan rings is 1. The molecule has 2 aromatic heterocycles.